The Morgan fingerprint density at radius 1 is 0.925 bits per heavy atom. The zero-order valence-electron chi connectivity index (χ0n) is 21.9. The van der Waals surface area contributed by atoms with Gasteiger partial charge in [-0.2, -0.15) is 0 Å². The molecule has 3 amide bonds. The molecule has 216 valence electrons. The Morgan fingerprint density at radius 2 is 1.62 bits per heavy atom. The molecule has 2 heterocycles. The predicted molar refractivity (Wildman–Crippen MR) is 146 cm³/mol. The number of nitrogens with zero attached hydrogens (tertiary/aromatic N) is 1. The molecule has 14 nitrogen and oxygen atoms in total. The number of H-pyrrole nitrogens is 2. The van der Waals surface area contributed by atoms with Gasteiger partial charge in [-0.3, -0.25) is 14.4 Å². The number of aromatic amines is 2. The van der Waals surface area contributed by atoms with Crippen LogP contribution >= 0.6 is 0 Å². The number of benzene rings is 1. The molecule has 0 fully saturated rings. The Balaban J connectivity index is 1.80. The second-order valence-corrected chi connectivity index (χ2v) is 9.44. The number of unbranched alkanes of at least 4 members (excludes halogenated alkanes) is 1. The Morgan fingerprint density at radius 3 is 2.30 bits per heavy atom. The summed E-state index contributed by atoms with van der Waals surface area (Å²) in [4.78, 5) is 60.9. The van der Waals surface area contributed by atoms with Crippen molar-refractivity contribution in [2.75, 3.05) is 13.2 Å². The maximum absolute atomic E-state index is 13.5. The minimum atomic E-state index is -1.27. The molecular formula is C26H36N8O6. The quantitative estimate of drug-likeness (QED) is 0.0947. The van der Waals surface area contributed by atoms with Gasteiger partial charge in [0.15, 0.2) is 0 Å². The number of imidazole rings is 1. The number of carboxylic acid groups (broad SMARTS) is 1. The number of nitrogens with one attached hydrogen (secondary N) is 5. The second kappa shape index (κ2) is 14.8. The molecule has 0 radical (unpaired) electrons. The van der Waals surface area contributed by atoms with Crippen LogP contribution in [0.5, 0.6) is 0 Å². The van der Waals surface area contributed by atoms with Gasteiger partial charge in [0, 0.05) is 41.8 Å². The topological polar surface area (TPSA) is 241 Å². The smallest absolute Gasteiger partial charge is 0.326 e. The molecule has 40 heavy (non-hydrogen) atoms. The molecule has 0 saturated heterocycles. The summed E-state index contributed by atoms with van der Waals surface area (Å²) < 4.78 is 0. The molecule has 1 aromatic carbocycles. The second-order valence-electron chi connectivity index (χ2n) is 9.44. The zero-order chi connectivity index (χ0) is 29.1. The molecule has 2 aromatic heterocycles. The van der Waals surface area contributed by atoms with E-state index in [0.717, 1.165) is 16.5 Å². The normalized spacial score (nSPS) is 14.2. The molecule has 0 aliphatic rings. The van der Waals surface area contributed by atoms with Gasteiger partial charge in [0.05, 0.1) is 12.9 Å². The van der Waals surface area contributed by atoms with Crippen LogP contribution in [0.2, 0.25) is 0 Å². The molecule has 11 N–H and O–H groups in total. The SMILES string of the molecule is NCCCCC(NC(=O)C(Cc1c[nH]c2ccccc12)NC(=O)C(N)CO)C(=O)NC(Cc1cnc[nH]1)C(=O)O. The van der Waals surface area contributed by atoms with Gasteiger partial charge in [-0.25, -0.2) is 9.78 Å². The van der Waals surface area contributed by atoms with E-state index in [1.807, 2.05) is 24.3 Å². The molecule has 14 heteroatoms. The third kappa shape index (κ3) is 8.36. The van der Waals surface area contributed by atoms with Crippen molar-refractivity contribution in [1.82, 2.24) is 30.9 Å². The molecule has 0 bridgehead atoms. The molecule has 0 aliphatic carbocycles. The van der Waals surface area contributed by atoms with Crippen LogP contribution in [0, 0.1) is 0 Å². The third-order valence-electron chi connectivity index (χ3n) is 6.44. The van der Waals surface area contributed by atoms with E-state index < -0.39 is 54.5 Å². The maximum atomic E-state index is 13.5. The van der Waals surface area contributed by atoms with Gasteiger partial charge in [-0.1, -0.05) is 18.2 Å². The van der Waals surface area contributed by atoms with Crippen molar-refractivity contribution >= 4 is 34.6 Å². The number of amides is 3. The summed E-state index contributed by atoms with van der Waals surface area (Å²) in [5, 5.41) is 27.5. The van der Waals surface area contributed by atoms with E-state index in [9.17, 15) is 29.4 Å². The number of aromatic nitrogens is 3. The fourth-order valence-corrected chi connectivity index (χ4v) is 4.21. The standard InChI is InChI=1S/C26H36N8O6/c27-8-4-3-7-20(24(37)34-22(26(39)40)10-16-12-29-14-31-16)32-25(38)21(33-23(36)18(28)13-35)9-15-11-30-19-6-2-1-5-17(15)19/h1-2,5-6,11-12,14,18,20-22,30,35H,3-4,7-10,13,27-28H2,(H,29,31)(H,32,38)(H,33,36)(H,34,37)(H,39,40). The van der Waals surface area contributed by atoms with E-state index in [4.69, 9.17) is 11.5 Å². The summed E-state index contributed by atoms with van der Waals surface area (Å²) >= 11 is 0. The van der Waals surface area contributed by atoms with Crippen molar-refractivity contribution in [1.29, 1.82) is 0 Å². The van der Waals surface area contributed by atoms with Crippen LogP contribution in [0.4, 0.5) is 0 Å². The zero-order valence-corrected chi connectivity index (χ0v) is 21.9. The molecule has 3 rings (SSSR count). The number of aliphatic hydroxyl groups excluding tert-OH is 1. The van der Waals surface area contributed by atoms with Gasteiger partial charge in [0.25, 0.3) is 0 Å². The Kier molecular flexibility index (Phi) is 11.2. The minimum Gasteiger partial charge on any atom is -0.480 e. The third-order valence-corrected chi connectivity index (χ3v) is 6.44. The number of para-hydroxylation sites is 1. The number of rotatable bonds is 16. The van der Waals surface area contributed by atoms with Gasteiger partial charge >= 0.3 is 5.97 Å². The molecule has 4 unspecified atom stereocenters. The van der Waals surface area contributed by atoms with Gasteiger partial charge in [0.2, 0.25) is 17.7 Å². The highest BCUT2D eigenvalue weighted by Crippen LogP contribution is 2.19. The Labute approximate surface area is 230 Å². The van der Waals surface area contributed by atoms with Crippen LogP contribution < -0.4 is 27.4 Å². The average molecular weight is 557 g/mol. The van der Waals surface area contributed by atoms with Crippen LogP contribution in [0.3, 0.4) is 0 Å². The number of nitrogens with two attached hydrogens (primary N) is 2. The molecule has 3 aromatic rings. The predicted octanol–water partition coefficient (Wildman–Crippen LogP) is -1.34. The van der Waals surface area contributed by atoms with Gasteiger partial charge in [-0.05, 0) is 37.4 Å². The number of fused-ring (bicyclic) bond motifs is 1. The first kappa shape index (κ1) is 30.3. The summed E-state index contributed by atoms with van der Waals surface area (Å²) in [5.41, 5.74) is 13.3. The first-order valence-corrected chi connectivity index (χ1v) is 13.0. The number of carbonyl (C=O) groups is 4. The van der Waals surface area contributed by atoms with Crippen LogP contribution in [0.1, 0.15) is 30.5 Å². The van der Waals surface area contributed by atoms with Gasteiger partial charge in [0.1, 0.15) is 24.2 Å². The Bertz CT molecular complexity index is 1280. The van der Waals surface area contributed by atoms with E-state index in [0.29, 0.717) is 25.1 Å². The molecular weight excluding hydrogens is 520 g/mol. The minimum absolute atomic E-state index is 0.0389. The fraction of sp³-hybridized carbons (Fsp3) is 0.423. The van der Waals surface area contributed by atoms with Crippen LogP contribution in [-0.4, -0.2) is 86.2 Å². The van der Waals surface area contributed by atoms with E-state index in [-0.39, 0.29) is 19.3 Å². The number of aliphatic carboxylic acids is 1. The highest BCUT2D eigenvalue weighted by Gasteiger charge is 2.31. The van der Waals surface area contributed by atoms with Crippen LogP contribution in [-0.2, 0) is 32.0 Å². The summed E-state index contributed by atoms with van der Waals surface area (Å²) in [6.45, 7) is -0.248. The van der Waals surface area contributed by atoms with Gasteiger partial charge < -0.3 is 47.6 Å². The molecule has 0 aliphatic heterocycles. The van der Waals surface area contributed by atoms with Crippen molar-refractivity contribution in [3.05, 3.63) is 54.2 Å². The van der Waals surface area contributed by atoms with E-state index in [1.54, 1.807) is 6.20 Å². The largest absolute Gasteiger partial charge is 0.480 e. The van der Waals surface area contributed by atoms with Crippen LogP contribution in [0.25, 0.3) is 10.9 Å². The number of hydrogen-bond acceptors (Lipinski definition) is 8. The van der Waals surface area contributed by atoms with Crippen molar-refractivity contribution < 1.29 is 29.4 Å². The molecule has 4 atom stereocenters. The molecule has 0 saturated carbocycles. The first-order chi connectivity index (χ1) is 19.2. The van der Waals surface area contributed by atoms with E-state index >= 15 is 0 Å². The summed E-state index contributed by atoms with van der Waals surface area (Å²) in [5.74, 6) is -3.35. The Hall–Kier alpha value is -4.27. The summed E-state index contributed by atoms with van der Waals surface area (Å²) in [6.07, 6.45) is 5.86. The van der Waals surface area contributed by atoms with Crippen molar-refractivity contribution in [2.24, 2.45) is 11.5 Å². The van der Waals surface area contributed by atoms with Crippen molar-refractivity contribution in [3.8, 4) is 0 Å². The lowest BCUT2D eigenvalue weighted by atomic mass is 10.0. The fourth-order valence-electron chi connectivity index (χ4n) is 4.21. The number of carbonyl (C=O) groups excluding carboxylic acids is 3. The lowest BCUT2D eigenvalue weighted by Gasteiger charge is -2.25. The highest BCUT2D eigenvalue weighted by atomic mass is 16.4. The van der Waals surface area contributed by atoms with Crippen LogP contribution in [0.15, 0.2) is 43.0 Å². The number of aliphatic hydroxyl groups is 1. The lowest BCUT2D eigenvalue weighted by molar-refractivity contribution is -0.142. The molecule has 0 spiro atoms. The summed E-state index contributed by atoms with van der Waals surface area (Å²) in [7, 11) is 0. The van der Waals surface area contributed by atoms with Gasteiger partial charge in [-0.15, -0.1) is 0 Å². The lowest BCUT2D eigenvalue weighted by Crippen LogP contribution is -2.58. The average Bonchev–Trinajstić information content (AvgIpc) is 3.61. The van der Waals surface area contributed by atoms with Crippen molar-refractivity contribution in [3.63, 3.8) is 0 Å². The summed E-state index contributed by atoms with van der Waals surface area (Å²) in [6, 6.07) is 2.67. The van der Waals surface area contributed by atoms with Crippen molar-refractivity contribution in [2.45, 2.75) is 56.3 Å². The highest BCUT2D eigenvalue weighted by molar-refractivity contribution is 5.95. The monoisotopic (exact) mass is 556 g/mol. The maximum Gasteiger partial charge on any atom is 0.326 e. The number of hydrogen-bond donors (Lipinski definition) is 9. The first-order valence-electron chi connectivity index (χ1n) is 13.0. The number of carboxylic acids is 1. The van der Waals surface area contributed by atoms with E-state index in [1.165, 1.54) is 12.5 Å². The van der Waals surface area contributed by atoms with E-state index in [2.05, 4.69) is 30.9 Å².